The van der Waals surface area contributed by atoms with Gasteiger partial charge >= 0.3 is 0 Å². The molecule has 0 bridgehead atoms. The predicted molar refractivity (Wildman–Crippen MR) is 146 cm³/mol. The number of aromatic nitrogens is 1. The second kappa shape index (κ2) is 12.4. The SMILES string of the molecule is CCNC(=NCc1ccnc(N2CCN(C)CC2)c1)N1CCC(c2ccc(OC)cc2)C1.I. The van der Waals surface area contributed by atoms with Crippen molar-refractivity contribution in [1.29, 1.82) is 0 Å². The second-order valence-electron chi connectivity index (χ2n) is 8.69. The minimum absolute atomic E-state index is 0. The number of hydrogen-bond acceptors (Lipinski definition) is 5. The van der Waals surface area contributed by atoms with Crippen molar-refractivity contribution in [3.8, 4) is 5.75 Å². The third-order valence-electron chi connectivity index (χ3n) is 6.46. The van der Waals surface area contributed by atoms with E-state index in [1.165, 1.54) is 11.1 Å². The normalized spacial score (nSPS) is 19.4. The van der Waals surface area contributed by atoms with E-state index < -0.39 is 0 Å². The first-order valence-electron chi connectivity index (χ1n) is 11.7. The van der Waals surface area contributed by atoms with Crippen molar-refractivity contribution >= 4 is 35.8 Å². The lowest BCUT2D eigenvalue weighted by molar-refractivity contribution is 0.312. The number of methoxy groups -OCH3 is 1. The van der Waals surface area contributed by atoms with Crippen LogP contribution in [0.1, 0.15) is 30.4 Å². The minimum atomic E-state index is 0. The molecule has 0 aliphatic carbocycles. The van der Waals surface area contributed by atoms with Crippen LogP contribution in [0.4, 0.5) is 5.82 Å². The van der Waals surface area contributed by atoms with Gasteiger partial charge in [-0.1, -0.05) is 12.1 Å². The highest BCUT2D eigenvalue weighted by Gasteiger charge is 2.26. The summed E-state index contributed by atoms with van der Waals surface area (Å²) in [5.74, 6) is 3.50. The summed E-state index contributed by atoms with van der Waals surface area (Å²) in [6, 6.07) is 12.8. The highest BCUT2D eigenvalue weighted by Crippen LogP contribution is 2.28. The summed E-state index contributed by atoms with van der Waals surface area (Å²) in [6.07, 6.45) is 3.06. The van der Waals surface area contributed by atoms with Gasteiger partial charge in [0.2, 0.25) is 0 Å². The van der Waals surface area contributed by atoms with Gasteiger partial charge in [-0.3, -0.25) is 0 Å². The van der Waals surface area contributed by atoms with Crippen molar-refractivity contribution < 1.29 is 4.74 Å². The number of halogens is 1. The quantitative estimate of drug-likeness (QED) is 0.330. The first-order chi connectivity index (χ1) is 15.7. The van der Waals surface area contributed by atoms with Gasteiger partial charge in [-0.05, 0) is 55.8 Å². The van der Waals surface area contributed by atoms with E-state index in [4.69, 9.17) is 9.73 Å². The molecule has 0 spiro atoms. The lowest BCUT2D eigenvalue weighted by Gasteiger charge is -2.33. The monoisotopic (exact) mass is 564 g/mol. The van der Waals surface area contributed by atoms with Crippen molar-refractivity contribution in [3.63, 3.8) is 0 Å². The van der Waals surface area contributed by atoms with E-state index in [9.17, 15) is 0 Å². The topological polar surface area (TPSA) is 56.2 Å². The average molecular weight is 565 g/mol. The number of likely N-dealkylation sites (tertiary alicyclic amines) is 1. The largest absolute Gasteiger partial charge is 0.497 e. The molecular weight excluding hydrogens is 527 g/mol. The summed E-state index contributed by atoms with van der Waals surface area (Å²) in [6.45, 7) is 9.88. The molecule has 2 saturated heterocycles. The number of nitrogens with zero attached hydrogens (tertiary/aromatic N) is 5. The molecule has 0 saturated carbocycles. The highest BCUT2D eigenvalue weighted by molar-refractivity contribution is 14.0. The maximum Gasteiger partial charge on any atom is 0.194 e. The Hall–Kier alpha value is -2.07. The molecule has 2 aliphatic rings. The van der Waals surface area contributed by atoms with Crippen molar-refractivity contribution in [3.05, 3.63) is 53.7 Å². The Bertz CT molecular complexity index is 898. The zero-order chi connectivity index (χ0) is 22.3. The van der Waals surface area contributed by atoms with E-state index in [1.54, 1.807) is 7.11 Å². The second-order valence-corrected chi connectivity index (χ2v) is 8.69. The number of piperazine rings is 1. The summed E-state index contributed by atoms with van der Waals surface area (Å²) in [4.78, 5) is 16.7. The van der Waals surface area contributed by atoms with Crippen LogP contribution in [-0.4, -0.2) is 80.7 Å². The molecule has 180 valence electrons. The Balaban J connectivity index is 0.00000306. The van der Waals surface area contributed by atoms with Gasteiger partial charge in [0.05, 0.1) is 13.7 Å². The van der Waals surface area contributed by atoms with Crippen LogP contribution in [0.25, 0.3) is 0 Å². The Morgan fingerprint density at radius 2 is 1.88 bits per heavy atom. The smallest absolute Gasteiger partial charge is 0.194 e. The number of anilines is 1. The predicted octanol–water partition coefficient (Wildman–Crippen LogP) is 3.42. The molecule has 1 unspecified atom stereocenters. The van der Waals surface area contributed by atoms with Crippen molar-refractivity contribution in [2.45, 2.75) is 25.8 Å². The molecule has 33 heavy (non-hydrogen) atoms. The van der Waals surface area contributed by atoms with Crippen LogP contribution in [0.2, 0.25) is 0 Å². The van der Waals surface area contributed by atoms with Crippen molar-refractivity contribution in [2.24, 2.45) is 4.99 Å². The van der Waals surface area contributed by atoms with Gasteiger partial charge in [0.25, 0.3) is 0 Å². The Morgan fingerprint density at radius 3 is 2.58 bits per heavy atom. The number of guanidine groups is 1. The fourth-order valence-electron chi connectivity index (χ4n) is 4.46. The van der Waals surface area contributed by atoms with E-state index >= 15 is 0 Å². The molecule has 7 nitrogen and oxygen atoms in total. The molecule has 1 N–H and O–H groups in total. The van der Waals surface area contributed by atoms with E-state index in [0.29, 0.717) is 12.5 Å². The van der Waals surface area contributed by atoms with Crippen LogP contribution in [0.15, 0.2) is 47.6 Å². The van der Waals surface area contributed by atoms with E-state index in [1.807, 2.05) is 6.20 Å². The molecule has 1 aromatic carbocycles. The molecule has 1 atom stereocenters. The molecule has 2 aromatic rings. The van der Waals surface area contributed by atoms with Crippen LogP contribution >= 0.6 is 24.0 Å². The lowest BCUT2D eigenvalue weighted by Crippen LogP contribution is -2.44. The van der Waals surface area contributed by atoms with Gasteiger partial charge in [0.15, 0.2) is 5.96 Å². The number of hydrogen-bond donors (Lipinski definition) is 1. The van der Waals surface area contributed by atoms with Crippen LogP contribution in [0.3, 0.4) is 0 Å². The highest BCUT2D eigenvalue weighted by atomic mass is 127. The van der Waals surface area contributed by atoms with Gasteiger partial charge < -0.3 is 24.8 Å². The van der Waals surface area contributed by atoms with E-state index in [-0.39, 0.29) is 24.0 Å². The first-order valence-corrected chi connectivity index (χ1v) is 11.7. The third kappa shape index (κ3) is 6.72. The van der Waals surface area contributed by atoms with Gasteiger partial charge in [0, 0.05) is 57.9 Å². The standard InChI is InChI=1S/C25H36N6O.HI/c1-4-26-25(31-12-10-22(19-31)21-5-7-23(32-3)8-6-21)28-18-20-9-11-27-24(17-20)30-15-13-29(2)14-16-30;/h5-9,11,17,22H,4,10,12-16,18-19H2,1-3H3,(H,26,28);1H. The van der Waals surface area contributed by atoms with Crippen LogP contribution in [-0.2, 0) is 6.54 Å². The number of rotatable bonds is 6. The number of nitrogens with one attached hydrogen (secondary N) is 1. The van der Waals surface area contributed by atoms with Crippen LogP contribution in [0.5, 0.6) is 5.75 Å². The van der Waals surface area contributed by atoms with Crippen molar-refractivity contribution in [2.75, 3.05) is 64.9 Å². The van der Waals surface area contributed by atoms with Crippen molar-refractivity contribution in [1.82, 2.24) is 20.1 Å². The summed E-state index contributed by atoms with van der Waals surface area (Å²) < 4.78 is 5.30. The molecule has 0 radical (unpaired) electrons. The zero-order valence-corrected chi connectivity index (χ0v) is 22.4. The van der Waals surface area contributed by atoms with Gasteiger partial charge in [-0.15, -0.1) is 24.0 Å². The Labute approximate surface area is 215 Å². The summed E-state index contributed by atoms with van der Waals surface area (Å²) in [5.41, 5.74) is 2.57. The van der Waals surface area contributed by atoms with E-state index in [0.717, 1.165) is 69.8 Å². The maximum absolute atomic E-state index is 5.30. The molecule has 3 heterocycles. The molecule has 4 rings (SSSR count). The van der Waals surface area contributed by atoms with Gasteiger partial charge in [-0.25, -0.2) is 9.98 Å². The number of pyridine rings is 1. The molecule has 2 fully saturated rings. The first kappa shape index (κ1) is 25.6. The van der Waals surface area contributed by atoms with Gasteiger partial charge in [-0.2, -0.15) is 0 Å². The Kier molecular flexibility index (Phi) is 9.61. The van der Waals surface area contributed by atoms with E-state index in [2.05, 4.69) is 75.4 Å². The molecule has 1 aromatic heterocycles. The summed E-state index contributed by atoms with van der Waals surface area (Å²) in [7, 11) is 3.89. The van der Waals surface area contributed by atoms with Gasteiger partial charge in [0.1, 0.15) is 11.6 Å². The van der Waals surface area contributed by atoms with Crippen LogP contribution < -0.4 is 15.0 Å². The average Bonchev–Trinajstić information content (AvgIpc) is 3.32. The summed E-state index contributed by atoms with van der Waals surface area (Å²) >= 11 is 0. The molecule has 8 heteroatoms. The summed E-state index contributed by atoms with van der Waals surface area (Å²) in [5, 5.41) is 3.49. The number of aliphatic imine (C=N–C) groups is 1. The molecule has 2 aliphatic heterocycles. The Morgan fingerprint density at radius 1 is 1.12 bits per heavy atom. The fraction of sp³-hybridized carbons (Fsp3) is 0.520. The molecular formula is C25H37IN6O. The third-order valence-corrected chi connectivity index (χ3v) is 6.46. The number of likely N-dealkylation sites (N-methyl/N-ethyl adjacent to an activating group) is 1. The maximum atomic E-state index is 5.30. The zero-order valence-electron chi connectivity index (χ0n) is 20.0. The van der Waals surface area contributed by atoms with Crippen LogP contribution in [0, 0.1) is 0 Å². The molecule has 0 amide bonds. The minimum Gasteiger partial charge on any atom is -0.497 e. The number of benzene rings is 1. The number of ether oxygens (including phenoxy) is 1. The fourth-order valence-corrected chi connectivity index (χ4v) is 4.46. The lowest BCUT2D eigenvalue weighted by atomic mass is 9.98.